The standard InChI is InChI=1S/C23H39N/c1-22-12-10-20-19(9-8-17-7-3-4-11-23(17,20)2)21(22)15-18(16-22)24-13-5-6-14-24/h17-21H,3-16H2,1-2H3/t17?,18?,19-,20+,21+,22-,23+/m1/s1. The zero-order valence-corrected chi connectivity index (χ0v) is 16.2. The summed E-state index contributed by atoms with van der Waals surface area (Å²) in [6.45, 7) is 8.23. The Balaban J connectivity index is 1.39. The molecular formula is C23H39N. The zero-order chi connectivity index (χ0) is 16.4. The number of rotatable bonds is 1. The van der Waals surface area contributed by atoms with Crippen molar-refractivity contribution in [1.82, 2.24) is 4.90 Å². The van der Waals surface area contributed by atoms with Crippen molar-refractivity contribution in [2.45, 2.75) is 96.9 Å². The Morgan fingerprint density at radius 3 is 2.46 bits per heavy atom. The number of likely N-dealkylation sites (tertiary alicyclic amines) is 1. The first-order valence-electron chi connectivity index (χ1n) is 11.3. The molecule has 0 bridgehead atoms. The molecule has 7 atom stereocenters. The Bertz CT molecular complexity index is 480. The first-order valence-corrected chi connectivity index (χ1v) is 11.3. The summed E-state index contributed by atoms with van der Waals surface area (Å²) in [6.07, 6.45) is 18.4. The molecule has 0 radical (unpaired) electrons. The highest BCUT2D eigenvalue weighted by Crippen LogP contribution is 2.66. The zero-order valence-electron chi connectivity index (χ0n) is 16.2. The minimum Gasteiger partial charge on any atom is -0.300 e. The van der Waals surface area contributed by atoms with E-state index in [9.17, 15) is 0 Å². The summed E-state index contributed by atoms with van der Waals surface area (Å²) in [5.41, 5.74) is 1.40. The average Bonchev–Trinajstić information content (AvgIpc) is 3.20. The molecule has 2 unspecified atom stereocenters. The van der Waals surface area contributed by atoms with Crippen LogP contribution in [-0.2, 0) is 0 Å². The van der Waals surface area contributed by atoms with Gasteiger partial charge in [0.2, 0.25) is 0 Å². The van der Waals surface area contributed by atoms with Crippen LogP contribution >= 0.6 is 0 Å². The van der Waals surface area contributed by atoms with Gasteiger partial charge in [0.15, 0.2) is 0 Å². The highest BCUT2D eigenvalue weighted by molar-refractivity contribution is 5.09. The molecule has 5 fully saturated rings. The molecule has 1 saturated heterocycles. The molecule has 0 aromatic carbocycles. The lowest BCUT2D eigenvalue weighted by molar-refractivity contribution is -0.103. The van der Waals surface area contributed by atoms with Crippen molar-refractivity contribution in [2.24, 2.45) is 34.5 Å². The molecule has 1 heteroatoms. The number of fused-ring (bicyclic) bond motifs is 5. The molecule has 0 aromatic rings. The van der Waals surface area contributed by atoms with E-state index in [2.05, 4.69) is 18.7 Å². The number of hydrogen-bond donors (Lipinski definition) is 0. The largest absolute Gasteiger partial charge is 0.300 e. The molecule has 0 aromatic heterocycles. The van der Waals surface area contributed by atoms with Crippen molar-refractivity contribution >= 4 is 0 Å². The van der Waals surface area contributed by atoms with Crippen molar-refractivity contribution in [3.63, 3.8) is 0 Å². The van der Waals surface area contributed by atoms with Crippen molar-refractivity contribution in [1.29, 1.82) is 0 Å². The summed E-state index contributed by atoms with van der Waals surface area (Å²) in [6, 6.07) is 0.943. The van der Waals surface area contributed by atoms with Crippen LogP contribution in [0.4, 0.5) is 0 Å². The van der Waals surface area contributed by atoms with Crippen LogP contribution < -0.4 is 0 Å². The first-order chi connectivity index (χ1) is 11.6. The fourth-order valence-corrected chi connectivity index (χ4v) is 8.70. The van der Waals surface area contributed by atoms with E-state index in [1.165, 1.54) is 45.2 Å². The normalized spacial score (nSPS) is 55.0. The molecule has 5 aliphatic rings. The third kappa shape index (κ3) is 2.29. The summed E-state index contributed by atoms with van der Waals surface area (Å²) in [5, 5.41) is 0. The Labute approximate surface area is 149 Å². The fourth-order valence-electron chi connectivity index (χ4n) is 8.70. The SMILES string of the molecule is C[C@]12CC[C@H]3[C@@H](CCC4CCCC[C@@]43C)[C@@H]1CC(N1CCCC1)C2. The van der Waals surface area contributed by atoms with Gasteiger partial charge in [-0.05, 0) is 112 Å². The highest BCUT2D eigenvalue weighted by atomic mass is 15.2. The van der Waals surface area contributed by atoms with Gasteiger partial charge in [0.05, 0.1) is 0 Å². The minimum absolute atomic E-state index is 0.687. The summed E-state index contributed by atoms with van der Waals surface area (Å²) in [4.78, 5) is 2.88. The molecule has 5 rings (SSSR count). The van der Waals surface area contributed by atoms with Crippen molar-refractivity contribution in [3.05, 3.63) is 0 Å². The smallest absolute Gasteiger partial charge is 0.0103 e. The molecular weight excluding hydrogens is 290 g/mol. The van der Waals surface area contributed by atoms with E-state index >= 15 is 0 Å². The van der Waals surface area contributed by atoms with Gasteiger partial charge >= 0.3 is 0 Å². The maximum absolute atomic E-state index is 2.88. The number of hydrogen-bond acceptors (Lipinski definition) is 1. The van der Waals surface area contributed by atoms with Crippen molar-refractivity contribution < 1.29 is 0 Å². The van der Waals surface area contributed by atoms with Gasteiger partial charge in [-0.25, -0.2) is 0 Å². The van der Waals surface area contributed by atoms with Crippen LogP contribution in [0.5, 0.6) is 0 Å². The van der Waals surface area contributed by atoms with Gasteiger partial charge in [-0.3, -0.25) is 0 Å². The molecule has 1 aliphatic heterocycles. The highest BCUT2D eigenvalue weighted by Gasteiger charge is 2.59. The molecule has 0 N–H and O–H groups in total. The van der Waals surface area contributed by atoms with Gasteiger partial charge in [0.1, 0.15) is 0 Å². The van der Waals surface area contributed by atoms with Crippen LogP contribution in [0.15, 0.2) is 0 Å². The summed E-state index contributed by atoms with van der Waals surface area (Å²) in [5.74, 6) is 4.29. The third-order valence-corrected chi connectivity index (χ3v) is 9.99. The van der Waals surface area contributed by atoms with E-state index in [1.807, 2.05) is 0 Å². The second-order valence-electron chi connectivity index (χ2n) is 10.9. The summed E-state index contributed by atoms with van der Waals surface area (Å²) in [7, 11) is 0. The molecule has 4 aliphatic carbocycles. The topological polar surface area (TPSA) is 3.24 Å². The van der Waals surface area contributed by atoms with Crippen LogP contribution in [0.25, 0.3) is 0 Å². The molecule has 24 heavy (non-hydrogen) atoms. The predicted octanol–water partition coefficient (Wildman–Crippen LogP) is 5.88. The van der Waals surface area contributed by atoms with Crippen LogP contribution in [0.1, 0.15) is 90.9 Å². The molecule has 136 valence electrons. The van der Waals surface area contributed by atoms with Gasteiger partial charge in [0.25, 0.3) is 0 Å². The van der Waals surface area contributed by atoms with E-state index in [0.29, 0.717) is 10.8 Å². The predicted molar refractivity (Wildman–Crippen MR) is 101 cm³/mol. The average molecular weight is 330 g/mol. The second kappa shape index (κ2) is 5.73. The molecule has 0 spiro atoms. The fraction of sp³-hybridized carbons (Fsp3) is 1.00. The lowest BCUT2D eigenvalue weighted by Crippen LogP contribution is -2.51. The lowest BCUT2D eigenvalue weighted by Gasteiger charge is -2.60. The summed E-state index contributed by atoms with van der Waals surface area (Å²) < 4.78 is 0. The van der Waals surface area contributed by atoms with E-state index in [0.717, 1.165) is 29.7 Å². The van der Waals surface area contributed by atoms with Gasteiger partial charge in [0, 0.05) is 6.04 Å². The van der Waals surface area contributed by atoms with Crippen LogP contribution in [0.2, 0.25) is 0 Å². The van der Waals surface area contributed by atoms with Crippen LogP contribution in [-0.4, -0.2) is 24.0 Å². The molecule has 4 saturated carbocycles. The van der Waals surface area contributed by atoms with Crippen LogP contribution in [0.3, 0.4) is 0 Å². The molecule has 1 heterocycles. The first kappa shape index (κ1) is 16.2. The summed E-state index contributed by atoms with van der Waals surface area (Å²) >= 11 is 0. The Hall–Kier alpha value is -0.0400. The minimum atomic E-state index is 0.687. The maximum Gasteiger partial charge on any atom is 0.0103 e. The van der Waals surface area contributed by atoms with Crippen molar-refractivity contribution in [2.75, 3.05) is 13.1 Å². The third-order valence-electron chi connectivity index (χ3n) is 9.99. The van der Waals surface area contributed by atoms with Gasteiger partial charge in [-0.15, -0.1) is 0 Å². The molecule has 0 amide bonds. The maximum atomic E-state index is 2.88. The quantitative estimate of drug-likeness (QED) is 0.580. The van der Waals surface area contributed by atoms with E-state index in [4.69, 9.17) is 0 Å². The Morgan fingerprint density at radius 1 is 0.792 bits per heavy atom. The Kier molecular flexibility index (Phi) is 3.86. The molecule has 1 nitrogen and oxygen atoms in total. The van der Waals surface area contributed by atoms with E-state index < -0.39 is 0 Å². The van der Waals surface area contributed by atoms with E-state index in [1.54, 1.807) is 44.9 Å². The van der Waals surface area contributed by atoms with Gasteiger partial charge in [-0.2, -0.15) is 0 Å². The number of nitrogens with zero attached hydrogens (tertiary/aromatic N) is 1. The van der Waals surface area contributed by atoms with Crippen LogP contribution in [0, 0.1) is 34.5 Å². The van der Waals surface area contributed by atoms with E-state index in [-0.39, 0.29) is 0 Å². The van der Waals surface area contributed by atoms with Crippen molar-refractivity contribution in [3.8, 4) is 0 Å². The van der Waals surface area contributed by atoms with Gasteiger partial charge < -0.3 is 4.90 Å². The monoisotopic (exact) mass is 329 g/mol. The Morgan fingerprint density at radius 2 is 1.62 bits per heavy atom. The second-order valence-corrected chi connectivity index (χ2v) is 10.9. The lowest BCUT2D eigenvalue weighted by atomic mass is 9.45. The van der Waals surface area contributed by atoms with Gasteiger partial charge in [-0.1, -0.05) is 26.7 Å².